The lowest BCUT2D eigenvalue weighted by molar-refractivity contribution is -0.274. The van der Waals surface area contributed by atoms with Gasteiger partial charge in [0.15, 0.2) is 5.96 Å². The molecule has 0 bridgehead atoms. The Morgan fingerprint density at radius 1 is 1.24 bits per heavy atom. The predicted octanol–water partition coefficient (Wildman–Crippen LogP) is 2.98. The van der Waals surface area contributed by atoms with Gasteiger partial charge in [0.2, 0.25) is 0 Å². The molecular formula is C17H27F3N4O. The zero-order chi connectivity index (χ0) is 18.9. The van der Waals surface area contributed by atoms with Crippen LogP contribution in [0, 0.1) is 0 Å². The van der Waals surface area contributed by atoms with Gasteiger partial charge in [-0.05, 0) is 33.9 Å². The Balaban J connectivity index is 2.71. The van der Waals surface area contributed by atoms with Gasteiger partial charge in [0, 0.05) is 31.2 Å². The number of likely N-dealkylation sites (N-methyl/N-ethyl adjacent to an activating group) is 1. The number of guanidine groups is 1. The van der Waals surface area contributed by atoms with Crippen LogP contribution >= 0.6 is 0 Å². The van der Waals surface area contributed by atoms with Gasteiger partial charge in [-0.25, -0.2) is 4.99 Å². The van der Waals surface area contributed by atoms with Crippen LogP contribution in [-0.2, 0) is 6.54 Å². The van der Waals surface area contributed by atoms with Gasteiger partial charge in [-0.1, -0.05) is 18.2 Å². The molecule has 0 fully saturated rings. The molecule has 0 saturated carbocycles. The van der Waals surface area contributed by atoms with Crippen molar-refractivity contribution in [1.29, 1.82) is 0 Å². The van der Waals surface area contributed by atoms with Crippen molar-refractivity contribution >= 4 is 5.96 Å². The molecule has 0 atom stereocenters. The minimum Gasteiger partial charge on any atom is -0.405 e. The van der Waals surface area contributed by atoms with Crippen LogP contribution in [0.25, 0.3) is 0 Å². The fourth-order valence-corrected chi connectivity index (χ4v) is 1.97. The van der Waals surface area contributed by atoms with E-state index in [1.54, 1.807) is 12.1 Å². The highest BCUT2D eigenvalue weighted by atomic mass is 19.4. The SMILES string of the molecule is CCNC(=NCc1ccccc1OC(F)(F)F)NCCN(C)C(C)C. The number of aliphatic imine (C=N–C) groups is 1. The summed E-state index contributed by atoms with van der Waals surface area (Å²) >= 11 is 0. The van der Waals surface area contributed by atoms with Gasteiger partial charge >= 0.3 is 6.36 Å². The fourth-order valence-electron chi connectivity index (χ4n) is 1.97. The lowest BCUT2D eigenvalue weighted by Gasteiger charge is -2.21. The van der Waals surface area contributed by atoms with E-state index in [0.29, 0.717) is 30.7 Å². The molecule has 142 valence electrons. The number of rotatable bonds is 8. The second-order valence-corrected chi connectivity index (χ2v) is 5.85. The molecule has 0 amide bonds. The first-order valence-corrected chi connectivity index (χ1v) is 8.29. The third-order valence-corrected chi connectivity index (χ3v) is 3.59. The molecule has 5 nitrogen and oxygen atoms in total. The highest BCUT2D eigenvalue weighted by Crippen LogP contribution is 2.26. The van der Waals surface area contributed by atoms with Crippen LogP contribution in [-0.4, -0.2) is 49.9 Å². The zero-order valence-electron chi connectivity index (χ0n) is 15.2. The number of ether oxygens (including phenoxy) is 1. The summed E-state index contributed by atoms with van der Waals surface area (Å²) in [6, 6.07) is 6.45. The van der Waals surface area contributed by atoms with E-state index < -0.39 is 6.36 Å². The van der Waals surface area contributed by atoms with E-state index in [1.807, 2.05) is 14.0 Å². The number of benzene rings is 1. The van der Waals surface area contributed by atoms with Crippen molar-refractivity contribution in [1.82, 2.24) is 15.5 Å². The van der Waals surface area contributed by atoms with E-state index in [4.69, 9.17) is 0 Å². The van der Waals surface area contributed by atoms with Crippen LogP contribution in [0.4, 0.5) is 13.2 Å². The molecule has 0 heterocycles. The van der Waals surface area contributed by atoms with E-state index in [1.165, 1.54) is 12.1 Å². The maximum absolute atomic E-state index is 12.5. The molecule has 0 aliphatic rings. The van der Waals surface area contributed by atoms with Gasteiger partial charge < -0.3 is 20.3 Å². The van der Waals surface area contributed by atoms with E-state index in [0.717, 1.165) is 6.54 Å². The van der Waals surface area contributed by atoms with Crippen LogP contribution < -0.4 is 15.4 Å². The molecule has 0 aliphatic heterocycles. The second kappa shape index (κ2) is 10.1. The monoisotopic (exact) mass is 360 g/mol. The molecular weight excluding hydrogens is 333 g/mol. The van der Waals surface area contributed by atoms with Crippen molar-refractivity contribution in [3.63, 3.8) is 0 Å². The summed E-state index contributed by atoms with van der Waals surface area (Å²) in [5.74, 6) is 0.329. The van der Waals surface area contributed by atoms with Crippen molar-refractivity contribution in [2.45, 2.75) is 39.7 Å². The minimum absolute atomic E-state index is 0.0849. The third-order valence-electron chi connectivity index (χ3n) is 3.59. The minimum atomic E-state index is -4.72. The molecule has 0 spiro atoms. The van der Waals surface area contributed by atoms with Crippen LogP contribution in [0.5, 0.6) is 5.75 Å². The van der Waals surface area contributed by atoms with Gasteiger partial charge in [0.1, 0.15) is 5.75 Å². The normalized spacial score (nSPS) is 12.6. The lowest BCUT2D eigenvalue weighted by atomic mass is 10.2. The Morgan fingerprint density at radius 2 is 1.92 bits per heavy atom. The number of halogens is 3. The molecule has 0 saturated heterocycles. The number of para-hydroxylation sites is 1. The average Bonchev–Trinajstić information content (AvgIpc) is 2.52. The van der Waals surface area contributed by atoms with E-state index in [2.05, 4.69) is 39.1 Å². The predicted molar refractivity (Wildman–Crippen MR) is 93.7 cm³/mol. The maximum atomic E-state index is 12.5. The molecule has 1 rings (SSSR count). The Bertz CT molecular complexity index is 547. The second-order valence-electron chi connectivity index (χ2n) is 5.85. The first-order valence-electron chi connectivity index (χ1n) is 8.29. The largest absolute Gasteiger partial charge is 0.573 e. The van der Waals surface area contributed by atoms with Gasteiger partial charge in [-0.2, -0.15) is 0 Å². The number of alkyl halides is 3. The highest BCUT2D eigenvalue weighted by Gasteiger charge is 2.31. The van der Waals surface area contributed by atoms with Gasteiger partial charge in [-0.3, -0.25) is 0 Å². The first kappa shape index (κ1) is 21.1. The number of nitrogens with one attached hydrogen (secondary N) is 2. The van der Waals surface area contributed by atoms with Gasteiger partial charge in [0.25, 0.3) is 0 Å². The fraction of sp³-hybridized carbons (Fsp3) is 0.588. The van der Waals surface area contributed by atoms with Crippen molar-refractivity contribution in [3.05, 3.63) is 29.8 Å². The summed E-state index contributed by atoms with van der Waals surface area (Å²) in [5, 5.41) is 6.26. The average molecular weight is 360 g/mol. The molecule has 8 heteroatoms. The molecule has 1 aromatic carbocycles. The molecule has 1 aromatic rings. The summed E-state index contributed by atoms with van der Waals surface area (Å²) in [7, 11) is 2.03. The molecule has 0 radical (unpaired) electrons. The van der Waals surface area contributed by atoms with Crippen LogP contribution in [0.3, 0.4) is 0 Å². The van der Waals surface area contributed by atoms with Crippen LogP contribution in [0.1, 0.15) is 26.3 Å². The van der Waals surface area contributed by atoms with E-state index in [-0.39, 0.29) is 12.3 Å². The standard InChI is InChI=1S/C17H27F3N4O/c1-5-21-16(22-10-11-24(4)13(2)3)23-12-14-8-6-7-9-15(14)25-17(18,19)20/h6-9,13H,5,10-12H2,1-4H3,(H2,21,22,23). The first-order chi connectivity index (χ1) is 11.7. The number of hydrogen-bond acceptors (Lipinski definition) is 3. The van der Waals surface area contributed by atoms with Crippen LogP contribution in [0.2, 0.25) is 0 Å². The van der Waals surface area contributed by atoms with Crippen molar-refractivity contribution in [3.8, 4) is 5.75 Å². The van der Waals surface area contributed by atoms with Crippen LogP contribution in [0.15, 0.2) is 29.3 Å². The molecule has 0 unspecified atom stereocenters. The quantitative estimate of drug-likeness (QED) is 0.553. The summed E-state index contributed by atoms with van der Waals surface area (Å²) in [6.45, 7) is 8.40. The summed E-state index contributed by atoms with van der Waals surface area (Å²) in [5.41, 5.74) is 0.372. The molecule has 0 aromatic heterocycles. The Kier molecular flexibility index (Phi) is 8.54. The summed E-state index contributed by atoms with van der Waals surface area (Å²) in [4.78, 5) is 6.53. The zero-order valence-corrected chi connectivity index (χ0v) is 15.2. The Hall–Kier alpha value is -1.96. The summed E-state index contributed by atoms with van der Waals surface area (Å²) in [6.07, 6.45) is -4.72. The summed E-state index contributed by atoms with van der Waals surface area (Å²) < 4.78 is 41.4. The van der Waals surface area contributed by atoms with Crippen molar-refractivity contribution < 1.29 is 17.9 Å². The maximum Gasteiger partial charge on any atom is 0.573 e. The van der Waals surface area contributed by atoms with Crippen molar-refractivity contribution in [2.24, 2.45) is 4.99 Å². The highest BCUT2D eigenvalue weighted by molar-refractivity contribution is 5.79. The molecule has 25 heavy (non-hydrogen) atoms. The Morgan fingerprint density at radius 3 is 2.52 bits per heavy atom. The van der Waals surface area contributed by atoms with Crippen molar-refractivity contribution in [2.75, 3.05) is 26.7 Å². The smallest absolute Gasteiger partial charge is 0.405 e. The molecule has 2 N–H and O–H groups in total. The Labute approximate surface area is 147 Å². The topological polar surface area (TPSA) is 48.9 Å². The molecule has 0 aliphatic carbocycles. The number of hydrogen-bond donors (Lipinski definition) is 2. The van der Waals surface area contributed by atoms with Gasteiger partial charge in [-0.15, -0.1) is 13.2 Å². The van der Waals surface area contributed by atoms with E-state index in [9.17, 15) is 13.2 Å². The lowest BCUT2D eigenvalue weighted by Crippen LogP contribution is -2.42. The third kappa shape index (κ3) is 8.62. The van der Waals surface area contributed by atoms with Gasteiger partial charge in [0.05, 0.1) is 6.54 Å². The van der Waals surface area contributed by atoms with E-state index >= 15 is 0 Å². The number of nitrogens with zero attached hydrogens (tertiary/aromatic N) is 2.